The van der Waals surface area contributed by atoms with Gasteiger partial charge in [0.05, 0.1) is 5.75 Å². The molecule has 1 aliphatic carbocycles. The van der Waals surface area contributed by atoms with Gasteiger partial charge in [-0.1, -0.05) is 31.0 Å². The predicted octanol–water partition coefficient (Wildman–Crippen LogP) is 1.23. The van der Waals surface area contributed by atoms with Crippen molar-refractivity contribution in [2.24, 2.45) is 0 Å². The fourth-order valence-electron chi connectivity index (χ4n) is 2.14. The van der Waals surface area contributed by atoms with Gasteiger partial charge in [0.1, 0.15) is 0 Å². The number of aryl methyl sites for hydroxylation is 1. The largest absolute Gasteiger partial charge is 0.353 e. The minimum atomic E-state index is 0.0811. The normalized spacial score (nSPS) is 16.7. The van der Waals surface area contributed by atoms with Crippen molar-refractivity contribution in [3.63, 3.8) is 0 Å². The number of nitrogens with one attached hydrogen (secondary N) is 1. The predicted molar refractivity (Wildman–Crippen MR) is 69.2 cm³/mol. The molecule has 1 aromatic heterocycles. The Morgan fingerprint density at radius 2 is 2.22 bits per heavy atom. The standard InChI is InChI=1S/C11H19N5OS/c1-2-16-11(13-14-15-16)18-8-10(17)12-9-6-4-3-5-7-9/h9H,2-8H2,1H3,(H,12,17). The molecule has 0 unspecified atom stereocenters. The van der Waals surface area contributed by atoms with Crippen molar-refractivity contribution in [1.29, 1.82) is 0 Å². The molecule has 1 N–H and O–H groups in total. The van der Waals surface area contributed by atoms with Crippen molar-refractivity contribution in [2.45, 2.75) is 56.8 Å². The molecule has 1 aromatic rings. The minimum Gasteiger partial charge on any atom is -0.353 e. The Morgan fingerprint density at radius 3 is 2.94 bits per heavy atom. The summed E-state index contributed by atoms with van der Waals surface area (Å²) in [5, 5.41) is 15.1. The van der Waals surface area contributed by atoms with E-state index in [1.54, 1.807) is 4.68 Å². The molecule has 7 heteroatoms. The van der Waals surface area contributed by atoms with E-state index in [-0.39, 0.29) is 5.91 Å². The van der Waals surface area contributed by atoms with Crippen LogP contribution in [-0.4, -0.2) is 37.9 Å². The van der Waals surface area contributed by atoms with Crippen molar-refractivity contribution in [3.8, 4) is 0 Å². The van der Waals surface area contributed by atoms with Crippen LogP contribution in [0.25, 0.3) is 0 Å². The first-order chi connectivity index (χ1) is 8.79. The molecule has 18 heavy (non-hydrogen) atoms. The van der Waals surface area contributed by atoms with Crippen LogP contribution >= 0.6 is 11.8 Å². The lowest BCUT2D eigenvalue weighted by molar-refractivity contribution is -0.119. The Kier molecular flexibility index (Phi) is 4.98. The maximum atomic E-state index is 11.8. The number of aromatic nitrogens is 4. The second-order valence-corrected chi connectivity index (χ2v) is 5.41. The van der Waals surface area contributed by atoms with Crippen molar-refractivity contribution < 1.29 is 4.79 Å². The van der Waals surface area contributed by atoms with E-state index >= 15 is 0 Å². The lowest BCUT2D eigenvalue weighted by Gasteiger charge is -2.22. The molecule has 0 spiro atoms. The van der Waals surface area contributed by atoms with Crippen LogP contribution in [0.5, 0.6) is 0 Å². The number of thioether (sulfide) groups is 1. The molecule has 1 saturated carbocycles. The molecule has 1 aliphatic rings. The molecule has 0 bridgehead atoms. The number of hydrogen-bond acceptors (Lipinski definition) is 5. The first kappa shape index (κ1) is 13.3. The van der Waals surface area contributed by atoms with Crippen LogP contribution in [0.1, 0.15) is 39.0 Å². The number of carbonyl (C=O) groups is 1. The van der Waals surface area contributed by atoms with Gasteiger partial charge in [0, 0.05) is 12.6 Å². The summed E-state index contributed by atoms with van der Waals surface area (Å²) in [7, 11) is 0. The zero-order valence-electron chi connectivity index (χ0n) is 10.6. The maximum Gasteiger partial charge on any atom is 0.230 e. The van der Waals surface area contributed by atoms with Gasteiger partial charge in [-0.15, -0.1) is 5.10 Å². The third-order valence-electron chi connectivity index (χ3n) is 3.10. The molecule has 2 rings (SSSR count). The zero-order valence-corrected chi connectivity index (χ0v) is 11.4. The maximum absolute atomic E-state index is 11.8. The molecule has 0 aromatic carbocycles. The highest BCUT2D eigenvalue weighted by Crippen LogP contribution is 2.18. The molecular weight excluding hydrogens is 250 g/mol. The average molecular weight is 269 g/mol. The number of hydrogen-bond donors (Lipinski definition) is 1. The van der Waals surface area contributed by atoms with Gasteiger partial charge in [0.25, 0.3) is 0 Å². The summed E-state index contributed by atoms with van der Waals surface area (Å²) in [6, 6.07) is 0.369. The van der Waals surface area contributed by atoms with Crippen LogP contribution in [0, 0.1) is 0 Å². The SMILES string of the molecule is CCn1nnnc1SCC(=O)NC1CCCCC1. The van der Waals surface area contributed by atoms with E-state index in [4.69, 9.17) is 0 Å². The minimum absolute atomic E-state index is 0.0811. The Labute approximate surface area is 111 Å². The highest BCUT2D eigenvalue weighted by Gasteiger charge is 2.16. The number of tetrazole rings is 1. The van der Waals surface area contributed by atoms with Gasteiger partial charge >= 0.3 is 0 Å². The highest BCUT2D eigenvalue weighted by molar-refractivity contribution is 7.99. The van der Waals surface area contributed by atoms with Gasteiger partial charge in [0.15, 0.2) is 0 Å². The van der Waals surface area contributed by atoms with Crippen LogP contribution in [0.3, 0.4) is 0 Å². The average Bonchev–Trinajstić information content (AvgIpc) is 2.85. The summed E-state index contributed by atoms with van der Waals surface area (Å²) in [6.45, 7) is 2.70. The summed E-state index contributed by atoms with van der Waals surface area (Å²) in [5.41, 5.74) is 0. The fraction of sp³-hybridized carbons (Fsp3) is 0.818. The summed E-state index contributed by atoms with van der Waals surface area (Å²) < 4.78 is 1.69. The fourth-order valence-corrected chi connectivity index (χ4v) is 2.90. The van der Waals surface area contributed by atoms with Crippen molar-refractivity contribution in [3.05, 3.63) is 0 Å². The quantitative estimate of drug-likeness (QED) is 0.814. The lowest BCUT2D eigenvalue weighted by atomic mass is 9.95. The first-order valence-corrected chi connectivity index (χ1v) is 7.46. The van der Waals surface area contributed by atoms with Gasteiger partial charge in [0.2, 0.25) is 11.1 Å². The third kappa shape index (κ3) is 3.69. The monoisotopic (exact) mass is 269 g/mol. The van der Waals surface area contributed by atoms with Gasteiger partial charge in [-0.25, -0.2) is 4.68 Å². The molecule has 0 aliphatic heterocycles. The number of amides is 1. The van der Waals surface area contributed by atoms with Gasteiger partial charge in [-0.05, 0) is 30.2 Å². The second-order valence-electron chi connectivity index (χ2n) is 4.47. The highest BCUT2D eigenvalue weighted by atomic mass is 32.2. The number of carbonyl (C=O) groups excluding carboxylic acids is 1. The summed E-state index contributed by atoms with van der Waals surface area (Å²) in [4.78, 5) is 11.8. The van der Waals surface area contributed by atoms with Crippen LogP contribution in [-0.2, 0) is 11.3 Å². The van der Waals surface area contributed by atoms with Crippen LogP contribution in [0.2, 0.25) is 0 Å². The lowest BCUT2D eigenvalue weighted by Crippen LogP contribution is -2.37. The summed E-state index contributed by atoms with van der Waals surface area (Å²) >= 11 is 1.39. The zero-order chi connectivity index (χ0) is 12.8. The van der Waals surface area contributed by atoms with Crippen LogP contribution < -0.4 is 5.32 Å². The van der Waals surface area contributed by atoms with Gasteiger partial charge in [-0.3, -0.25) is 4.79 Å². The molecule has 1 heterocycles. The van der Waals surface area contributed by atoms with E-state index in [1.165, 1.54) is 31.0 Å². The second kappa shape index (κ2) is 6.72. The van der Waals surface area contributed by atoms with Crippen molar-refractivity contribution >= 4 is 17.7 Å². The molecule has 0 radical (unpaired) electrons. The van der Waals surface area contributed by atoms with Crippen molar-refractivity contribution in [2.75, 3.05) is 5.75 Å². The Balaban J connectivity index is 1.74. The first-order valence-electron chi connectivity index (χ1n) is 6.48. The number of nitrogens with zero attached hydrogens (tertiary/aromatic N) is 4. The van der Waals surface area contributed by atoms with Gasteiger partial charge in [-0.2, -0.15) is 0 Å². The van der Waals surface area contributed by atoms with E-state index in [9.17, 15) is 4.79 Å². The van der Waals surface area contributed by atoms with E-state index in [2.05, 4.69) is 20.8 Å². The van der Waals surface area contributed by atoms with Gasteiger partial charge < -0.3 is 5.32 Å². The molecule has 1 fully saturated rings. The van der Waals surface area contributed by atoms with Crippen LogP contribution in [0.4, 0.5) is 0 Å². The van der Waals surface area contributed by atoms with Crippen LogP contribution in [0.15, 0.2) is 5.16 Å². The van der Waals surface area contributed by atoms with E-state index in [0.717, 1.165) is 19.4 Å². The van der Waals surface area contributed by atoms with E-state index < -0.39 is 0 Å². The summed E-state index contributed by atoms with van der Waals surface area (Å²) in [6.07, 6.45) is 5.98. The molecule has 6 nitrogen and oxygen atoms in total. The Bertz CT molecular complexity index is 389. The molecule has 0 atom stereocenters. The topological polar surface area (TPSA) is 72.7 Å². The molecular formula is C11H19N5OS. The smallest absolute Gasteiger partial charge is 0.230 e. The van der Waals surface area contributed by atoms with E-state index in [0.29, 0.717) is 17.0 Å². The Hall–Kier alpha value is -1.11. The molecule has 0 saturated heterocycles. The number of rotatable bonds is 5. The molecule has 100 valence electrons. The Morgan fingerprint density at radius 1 is 1.44 bits per heavy atom. The van der Waals surface area contributed by atoms with Crippen molar-refractivity contribution in [1.82, 2.24) is 25.5 Å². The van der Waals surface area contributed by atoms with E-state index in [1.807, 2.05) is 6.92 Å². The third-order valence-corrected chi connectivity index (χ3v) is 4.06. The molecule has 1 amide bonds. The summed E-state index contributed by atoms with van der Waals surface area (Å²) in [5.74, 6) is 0.467.